The number of rotatable bonds is 4. The van der Waals surface area contributed by atoms with Crippen molar-refractivity contribution in [3.8, 4) is 12.3 Å². The lowest BCUT2D eigenvalue weighted by molar-refractivity contribution is 0.121. The second kappa shape index (κ2) is 5.58. The van der Waals surface area contributed by atoms with Crippen molar-refractivity contribution in [1.82, 2.24) is 9.44 Å². The predicted octanol–water partition coefficient (Wildman–Crippen LogP) is -0.0229. The summed E-state index contributed by atoms with van der Waals surface area (Å²) >= 11 is 0. The van der Waals surface area contributed by atoms with Gasteiger partial charge in [-0.1, -0.05) is 5.92 Å². The first kappa shape index (κ1) is 13.7. The summed E-state index contributed by atoms with van der Waals surface area (Å²) in [5.41, 5.74) is 0. The van der Waals surface area contributed by atoms with Gasteiger partial charge in [0.2, 0.25) is 0 Å². The Morgan fingerprint density at radius 1 is 1.40 bits per heavy atom. The summed E-state index contributed by atoms with van der Waals surface area (Å²) in [4.78, 5) is 10.9. The fourth-order valence-corrected chi connectivity index (χ4v) is 1.50. The standard InChI is InChI=1S/C8H14N2O4S/c1-5-7(4)9-15(12,13)10-8(11)14-6(2)3/h1,6-7,9H,2-4H3,(H,10,11). The van der Waals surface area contributed by atoms with Crippen LogP contribution in [0.1, 0.15) is 20.8 Å². The highest BCUT2D eigenvalue weighted by molar-refractivity contribution is 7.88. The third-order valence-corrected chi connectivity index (χ3v) is 2.24. The van der Waals surface area contributed by atoms with Gasteiger partial charge in [-0.05, 0) is 20.8 Å². The van der Waals surface area contributed by atoms with E-state index >= 15 is 0 Å². The van der Waals surface area contributed by atoms with Crippen molar-refractivity contribution < 1.29 is 17.9 Å². The van der Waals surface area contributed by atoms with Gasteiger partial charge in [-0.25, -0.2) is 9.52 Å². The lowest BCUT2D eigenvalue weighted by Crippen LogP contribution is -2.44. The Kier molecular flexibility index (Phi) is 5.11. The minimum Gasteiger partial charge on any atom is -0.446 e. The van der Waals surface area contributed by atoms with Crippen molar-refractivity contribution in [2.75, 3.05) is 0 Å². The smallest absolute Gasteiger partial charge is 0.422 e. The van der Waals surface area contributed by atoms with E-state index in [1.54, 1.807) is 18.6 Å². The van der Waals surface area contributed by atoms with Crippen LogP contribution in [0.15, 0.2) is 0 Å². The van der Waals surface area contributed by atoms with Crippen molar-refractivity contribution >= 4 is 16.3 Å². The van der Waals surface area contributed by atoms with Gasteiger partial charge in [0.1, 0.15) is 0 Å². The fraction of sp³-hybridized carbons (Fsp3) is 0.625. The summed E-state index contributed by atoms with van der Waals surface area (Å²) in [5, 5.41) is 0. The van der Waals surface area contributed by atoms with Gasteiger partial charge in [-0.15, -0.1) is 6.42 Å². The first-order valence-electron chi connectivity index (χ1n) is 4.23. The van der Waals surface area contributed by atoms with E-state index in [0.29, 0.717) is 0 Å². The molecule has 0 aromatic rings. The molecule has 6 nitrogen and oxygen atoms in total. The van der Waals surface area contributed by atoms with Crippen molar-refractivity contribution in [1.29, 1.82) is 0 Å². The SMILES string of the molecule is C#CC(C)NS(=O)(=O)NC(=O)OC(C)C. The summed E-state index contributed by atoms with van der Waals surface area (Å²) in [6, 6.07) is -0.700. The monoisotopic (exact) mass is 234 g/mol. The Bertz CT molecular complexity index is 355. The summed E-state index contributed by atoms with van der Waals surface area (Å²) in [6.45, 7) is 4.67. The Hall–Kier alpha value is -1.26. The van der Waals surface area contributed by atoms with Crippen LogP contribution >= 0.6 is 0 Å². The average molecular weight is 234 g/mol. The normalized spacial score (nSPS) is 13.0. The minimum atomic E-state index is -3.95. The Morgan fingerprint density at radius 2 is 1.93 bits per heavy atom. The van der Waals surface area contributed by atoms with E-state index < -0.39 is 28.4 Å². The lowest BCUT2D eigenvalue weighted by Gasteiger charge is -2.11. The molecule has 2 N–H and O–H groups in total. The number of terminal acetylenes is 1. The molecule has 15 heavy (non-hydrogen) atoms. The van der Waals surface area contributed by atoms with Gasteiger partial charge in [-0.2, -0.15) is 13.1 Å². The van der Waals surface area contributed by atoms with Crippen LogP contribution in [0.5, 0.6) is 0 Å². The maximum Gasteiger partial charge on any atom is 0.422 e. The zero-order valence-corrected chi connectivity index (χ0v) is 9.59. The summed E-state index contributed by atoms with van der Waals surface area (Å²) < 4.78 is 30.6. The van der Waals surface area contributed by atoms with E-state index in [1.807, 2.05) is 4.72 Å². The number of hydrogen-bond acceptors (Lipinski definition) is 4. The van der Waals surface area contributed by atoms with E-state index in [9.17, 15) is 13.2 Å². The molecule has 7 heteroatoms. The largest absolute Gasteiger partial charge is 0.446 e. The number of ether oxygens (including phenoxy) is 1. The van der Waals surface area contributed by atoms with Crippen LogP contribution in [-0.2, 0) is 14.9 Å². The number of nitrogens with one attached hydrogen (secondary N) is 2. The van der Waals surface area contributed by atoms with Crippen LogP contribution in [0.25, 0.3) is 0 Å². The average Bonchev–Trinajstić information content (AvgIpc) is 1.99. The van der Waals surface area contributed by atoms with Gasteiger partial charge < -0.3 is 4.74 Å². The van der Waals surface area contributed by atoms with Crippen LogP contribution in [-0.4, -0.2) is 26.7 Å². The van der Waals surface area contributed by atoms with E-state index in [2.05, 4.69) is 10.7 Å². The topological polar surface area (TPSA) is 84.5 Å². The Labute approximate surface area is 89.6 Å². The molecular formula is C8H14N2O4S. The molecule has 0 bridgehead atoms. The van der Waals surface area contributed by atoms with Crippen LogP contribution in [0.2, 0.25) is 0 Å². The Balaban J connectivity index is 4.28. The molecule has 86 valence electrons. The highest BCUT2D eigenvalue weighted by Gasteiger charge is 2.17. The predicted molar refractivity (Wildman–Crippen MR) is 55.1 cm³/mol. The maximum atomic E-state index is 11.2. The molecule has 1 amide bonds. The summed E-state index contributed by atoms with van der Waals surface area (Å²) in [7, 11) is -3.95. The molecular weight excluding hydrogens is 220 g/mol. The third-order valence-electron chi connectivity index (χ3n) is 1.14. The van der Waals surface area contributed by atoms with Gasteiger partial charge >= 0.3 is 16.3 Å². The molecule has 0 rings (SSSR count). The quantitative estimate of drug-likeness (QED) is 0.669. The number of hydrogen-bond donors (Lipinski definition) is 2. The van der Waals surface area contributed by atoms with Crippen molar-refractivity contribution in [3.05, 3.63) is 0 Å². The van der Waals surface area contributed by atoms with Crippen molar-refractivity contribution in [3.63, 3.8) is 0 Å². The molecule has 0 aromatic carbocycles. The molecule has 0 aliphatic rings. The zero-order chi connectivity index (χ0) is 12.1. The van der Waals surface area contributed by atoms with Gasteiger partial charge in [0.15, 0.2) is 0 Å². The second-order valence-corrected chi connectivity index (χ2v) is 4.51. The van der Waals surface area contributed by atoms with Gasteiger partial charge in [-0.3, -0.25) is 0 Å². The van der Waals surface area contributed by atoms with Crippen LogP contribution in [0.4, 0.5) is 4.79 Å². The molecule has 1 unspecified atom stereocenters. The molecule has 1 atom stereocenters. The molecule has 0 aliphatic heterocycles. The molecule has 0 fully saturated rings. The number of carbonyl (C=O) groups is 1. The molecule has 0 aromatic heterocycles. The minimum absolute atomic E-state index is 0.398. The van der Waals surface area contributed by atoms with Crippen LogP contribution in [0, 0.1) is 12.3 Å². The van der Waals surface area contributed by atoms with E-state index in [4.69, 9.17) is 6.42 Å². The second-order valence-electron chi connectivity index (χ2n) is 3.07. The molecule has 0 aliphatic carbocycles. The molecule has 0 spiro atoms. The molecule has 0 heterocycles. The van der Waals surface area contributed by atoms with Gasteiger partial charge in [0.05, 0.1) is 12.1 Å². The third kappa shape index (κ3) is 6.76. The van der Waals surface area contributed by atoms with Crippen molar-refractivity contribution in [2.24, 2.45) is 0 Å². The molecule has 0 saturated carbocycles. The highest BCUT2D eigenvalue weighted by Crippen LogP contribution is 1.90. The van der Waals surface area contributed by atoms with E-state index in [1.165, 1.54) is 6.92 Å². The van der Waals surface area contributed by atoms with Crippen molar-refractivity contribution in [2.45, 2.75) is 32.9 Å². The summed E-state index contributed by atoms with van der Waals surface area (Å²) in [5.74, 6) is 2.15. The summed E-state index contributed by atoms with van der Waals surface area (Å²) in [6.07, 6.45) is 3.53. The van der Waals surface area contributed by atoms with Crippen LogP contribution < -0.4 is 9.44 Å². The number of amides is 1. The lowest BCUT2D eigenvalue weighted by atomic mass is 10.4. The van der Waals surface area contributed by atoms with E-state index in [0.717, 1.165) is 0 Å². The highest BCUT2D eigenvalue weighted by atomic mass is 32.2. The first-order valence-corrected chi connectivity index (χ1v) is 5.72. The molecule has 0 radical (unpaired) electrons. The van der Waals surface area contributed by atoms with Gasteiger partial charge in [0, 0.05) is 0 Å². The number of carbonyl (C=O) groups excluding carboxylic acids is 1. The first-order chi connectivity index (χ1) is 6.76. The fourth-order valence-electron chi connectivity index (χ4n) is 0.644. The molecule has 0 saturated heterocycles. The maximum absolute atomic E-state index is 11.2. The van der Waals surface area contributed by atoms with Gasteiger partial charge in [0.25, 0.3) is 0 Å². The Morgan fingerprint density at radius 3 is 2.33 bits per heavy atom. The van der Waals surface area contributed by atoms with E-state index in [-0.39, 0.29) is 0 Å². The van der Waals surface area contributed by atoms with Crippen LogP contribution in [0.3, 0.4) is 0 Å². The zero-order valence-electron chi connectivity index (χ0n) is 8.77.